The third-order valence-corrected chi connectivity index (χ3v) is 6.60. The fourth-order valence-electron chi connectivity index (χ4n) is 4.37. The average Bonchev–Trinajstić information content (AvgIpc) is 3.15. The van der Waals surface area contributed by atoms with Gasteiger partial charge in [0.25, 0.3) is 5.91 Å². The topological polar surface area (TPSA) is 71.5 Å². The Hall–Kier alpha value is -2.79. The smallest absolute Gasteiger partial charge is 0.381 e. The monoisotopic (exact) mass is 517 g/mol. The fraction of sp³-hybridized carbons (Fsp3) is 0.435. The number of amides is 2. The van der Waals surface area contributed by atoms with Crippen molar-refractivity contribution in [3.05, 3.63) is 63.9 Å². The van der Waals surface area contributed by atoms with E-state index in [2.05, 4.69) is 10.3 Å². The molecule has 2 saturated heterocycles. The van der Waals surface area contributed by atoms with Gasteiger partial charge in [-0.15, -0.1) is 0 Å². The molecule has 1 aromatic heterocycles. The molecule has 2 aromatic rings. The molecule has 6 nitrogen and oxygen atoms in total. The maximum absolute atomic E-state index is 14.6. The molecule has 1 aromatic carbocycles. The summed E-state index contributed by atoms with van der Waals surface area (Å²) in [6, 6.07) is 1.13. The molecular formula is C23H21ClF5N3O3. The molecule has 0 saturated carbocycles. The lowest BCUT2D eigenvalue weighted by molar-refractivity contribution is -0.141. The largest absolute Gasteiger partial charge is 0.433 e. The molecule has 2 aliphatic heterocycles. The fourth-order valence-corrected chi connectivity index (χ4v) is 4.52. The van der Waals surface area contributed by atoms with Crippen LogP contribution in [0.25, 0.3) is 0 Å². The van der Waals surface area contributed by atoms with Crippen molar-refractivity contribution in [3.8, 4) is 0 Å². The second-order valence-corrected chi connectivity index (χ2v) is 9.06. The zero-order valence-electron chi connectivity index (χ0n) is 18.4. The maximum Gasteiger partial charge on any atom is 0.433 e. The van der Waals surface area contributed by atoms with E-state index >= 15 is 0 Å². The highest BCUT2D eigenvalue weighted by molar-refractivity contribution is 6.30. The van der Waals surface area contributed by atoms with Gasteiger partial charge in [0, 0.05) is 29.3 Å². The third-order valence-electron chi connectivity index (χ3n) is 6.31. The summed E-state index contributed by atoms with van der Waals surface area (Å²) in [5, 5.41) is 2.30. The number of nitrogens with zero attached hydrogens (tertiary/aromatic N) is 2. The summed E-state index contributed by atoms with van der Waals surface area (Å²) in [5.74, 6) is -3.38. The van der Waals surface area contributed by atoms with Crippen LogP contribution in [0.15, 0.2) is 30.5 Å². The number of hydrogen-bond donors (Lipinski definition) is 1. The van der Waals surface area contributed by atoms with E-state index in [1.807, 2.05) is 0 Å². The zero-order valence-corrected chi connectivity index (χ0v) is 19.2. The summed E-state index contributed by atoms with van der Waals surface area (Å²) in [4.78, 5) is 30.9. The SMILES string of the molecule is C[C@@H]1CC[C@H](C(=O)N[C@@H](c2cc(F)c(Cl)cc2F)C2COC2)N1C(=O)c1ccnc(C(F)(F)F)c1. The highest BCUT2D eigenvalue weighted by Crippen LogP contribution is 2.34. The number of likely N-dealkylation sites (tertiary alicyclic amines) is 1. The Kier molecular flexibility index (Phi) is 7.01. The van der Waals surface area contributed by atoms with Crippen LogP contribution in [0.5, 0.6) is 0 Å². The molecule has 0 bridgehead atoms. The summed E-state index contributed by atoms with van der Waals surface area (Å²) < 4.78 is 73.1. The molecule has 4 rings (SSSR count). The number of alkyl halides is 3. The van der Waals surface area contributed by atoms with Crippen LogP contribution < -0.4 is 5.32 Å². The number of ether oxygens (including phenoxy) is 1. The molecule has 12 heteroatoms. The van der Waals surface area contributed by atoms with Gasteiger partial charge < -0.3 is 15.0 Å². The second-order valence-electron chi connectivity index (χ2n) is 8.65. The van der Waals surface area contributed by atoms with Gasteiger partial charge in [0.2, 0.25) is 5.91 Å². The van der Waals surface area contributed by atoms with Crippen molar-refractivity contribution in [2.75, 3.05) is 13.2 Å². The minimum absolute atomic E-state index is 0.110. The Balaban J connectivity index is 1.59. The van der Waals surface area contributed by atoms with Crippen LogP contribution in [0.3, 0.4) is 0 Å². The molecule has 35 heavy (non-hydrogen) atoms. The van der Waals surface area contributed by atoms with Gasteiger partial charge in [-0.3, -0.25) is 14.6 Å². The Bertz CT molecular complexity index is 1140. The number of rotatable bonds is 5. The molecule has 1 N–H and O–H groups in total. The first-order chi connectivity index (χ1) is 16.5. The van der Waals surface area contributed by atoms with Gasteiger partial charge in [0.1, 0.15) is 23.4 Å². The molecule has 2 amide bonds. The Morgan fingerprint density at radius 1 is 1.17 bits per heavy atom. The summed E-state index contributed by atoms with van der Waals surface area (Å²) in [7, 11) is 0. The summed E-state index contributed by atoms with van der Waals surface area (Å²) in [5.41, 5.74) is -1.59. The van der Waals surface area contributed by atoms with Crippen molar-refractivity contribution in [1.82, 2.24) is 15.2 Å². The molecule has 3 heterocycles. The van der Waals surface area contributed by atoms with Gasteiger partial charge in [0.15, 0.2) is 0 Å². The van der Waals surface area contributed by atoms with Gasteiger partial charge in [0.05, 0.1) is 24.3 Å². The van der Waals surface area contributed by atoms with E-state index in [0.717, 1.165) is 24.4 Å². The Morgan fingerprint density at radius 3 is 2.51 bits per heavy atom. The lowest BCUT2D eigenvalue weighted by Crippen LogP contribution is -2.51. The van der Waals surface area contributed by atoms with Crippen LogP contribution in [0.1, 0.15) is 47.4 Å². The predicted molar refractivity (Wildman–Crippen MR) is 114 cm³/mol. The third kappa shape index (κ3) is 5.11. The van der Waals surface area contributed by atoms with Gasteiger partial charge in [-0.05, 0) is 44.0 Å². The van der Waals surface area contributed by atoms with Gasteiger partial charge in [-0.1, -0.05) is 11.6 Å². The van der Waals surface area contributed by atoms with E-state index in [1.54, 1.807) is 6.92 Å². The molecule has 0 aliphatic carbocycles. The normalized spacial score (nSPS) is 21.5. The molecule has 0 radical (unpaired) electrons. The van der Waals surface area contributed by atoms with E-state index < -0.39 is 58.5 Å². The molecule has 2 fully saturated rings. The van der Waals surface area contributed by atoms with Crippen molar-refractivity contribution in [2.24, 2.45) is 5.92 Å². The number of halogens is 6. The first-order valence-electron chi connectivity index (χ1n) is 10.9. The van der Waals surface area contributed by atoms with Gasteiger partial charge in [-0.25, -0.2) is 8.78 Å². The Morgan fingerprint density at radius 2 is 1.89 bits per heavy atom. The maximum atomic E-state index is 14.6. The first kappa shape index (κ1) is 25.3. The second kappa shape index (κ2) is 9.69. The quantitative estimate of drug-likeness (QED) is 0.467. The van der Waals surface area contributed by atoms with Crippen LogP contribution in [0, 0.1) is 17.6 Å². The molecule has 188 valence electrons. The zero-order chi connectivity index (χ0) is 25.5. The van der Waals surface area contributed by atoms with E-state index in [0.29, 0.717) is 12.5 Å². The number of pyridine rings is 1. The number of nitrogens with one attached hydrogen (secondary N) is 1. The minimum atomic E-state index is -4.74. The summed E-state index contributed by atoms with van der Waals surface area (Å²) in [6.07, 6.45) is -3.17. The van der Waals surface area contributed by atoms with E-state index in [9.17, 15) is 31.5 Å². The first-order valence-corrected chi connectivity index (χ1v) is 11.2. The van der Waals surface area contributed by atoms with Crippen LogP contribution in [0.2, 0.25) is 5.02 Å². The van der Waals surface area contributed by atoms with Crippen LogP contribution in [0.4, 0.5) is 22.0 Å². The van der Waals surface area contributed by atoms with Crippen molar-refractivity contribution >= 4 is 23.4 Å². The number of hydrogen-bond acceptors (Lipinski definition) is 4. The number of benzene rings is 1. The van der Waals surface area contributed by atoms with E-state index in [-0.39, 0.29) is 36.7 Å². The van der Waals surface area contributed by atoms with Crippen LogP contribution in [-0.4, -0.2) is 47.0 Å². The number of carbonyl (C=O) groups is 2. The summed E-state index contributed by atoms with van der Waals surface area (Å²) >= 11 is 5.65. The number of aromatic nitrogens is 1. The number of carbonyl (C=O) groups excluding carboxylic acids is 2. The minimum Gasteiger partial charge on any atom is -0.381 e. The van der Waals surface area contributed by atoms with E-state index in [4.69, 9.17) is 16.3 Å². The molecule has 0 spiro atoms. The van der Waals surface area contributed by atoms with Crippen molar-refractivity contribution in [3.63, 3.8) is 0 Å². The van der Waals surface area contributed by atoms with Crippen molar-refractivity contribution in [2.45, 2.75) is 44.1 Å². The van der Waals surface area contributed by atoms with E-state index in [1.165, 1.54) is 4.90 Å². The molecular weight excluding hydrogens is 497 g/mol. The molecule has 0 unspecified atom stereocenters. The highest BCUT2D eigenvalue weighted by Gasteiger charge is 2.42. The molecule has 2 aliphatic rings. The summed E-state index contributed by atoms with van der Waals surface area (Å²) in [6.45, 7) is 2.09. The highest BCUT2D eigenvalue weighted by atomic mass is 35.5. The lowest BCUT2D eigenvalue weighted by atomic mass is 9.90. The van der Waals surface area contributed by atoms with Gasteiger partial charge >= 0.3 is 6.18 Å². The predicted octanol–water partition coefficient (Wildman–Crippen LogP) is 4.53. The van der Waals surface area contributed by atoms with Crippen molar-refractivity contribution < 1.29 is 36.3 Å². The Labute approximate surface area is 202 Å². The average molecular weight is 518 g/mol. The van der Waals surface area contributed by atoms with Gasteiger partial charge in [-0.2, -0.15) is 13.2 Å². The molecule has 3 atom stereocenters. The van der Waals surface area contributed by atoms with Crippen molar-refractivity contribution in [1.29, 1.82) is 0 Å². The standard InChI is InChI=1S/C23H21ClF5N3O3/c1-11-2-3-18(32(11)22(34)12-4-5-30-19(6-12)23(27,28)29)21(33)31-20(13-9-35-10-13)14-7-17(26)15(24)8-16(14)25/h4-8,11,13,18,20H,2-3,9-10H2,1H3,(H,31,33)/t11-,18-,20-/m1/s1. The van der Waals surface area contributed by atoms with Crippen LogP contribution >= 0.6 is 11.6 Å². The van der Waals surface area contributed by atoms with Crippen LogP contribution in [-0.2, 0) is 15.7 Å². The lowest BCUT2D eigenvalue weighted by Gasteiger charge is -2.36.